The molecule has 0 bridgehead atoms. The fourth-order valence-electron chi connectivity index (χ4n) is 2.00. The van der Waals surface area contributed by atoms with Gasteiger partial charge in [0, 0.05) is 18.0 Å². The second-order valence-electron chi connectivity index (χ2n) is 4.27. The van der Waals surface area contributed by atoms with Crippen molar-refractivity contribution in [3.8, 4) is 22.6 Å². The van der Waals surface area contributed by atoms with Gasteiger partial charge in [-0.2, -0.15) is 0 Å². The summed E-state index contributed by atoms with van der Waals surface area (Å²) in [6.07, 6.45) is 4.76. The maximum Gasteiger partial charge on any atom is 0.292 e. The summed E-state index contributed by atoms with van der Waals surface area (Å²) in [4.78, 5) is 22.7. The number of halogens is 1. The van der Waals surface area contributed by atoms with Crippen molar-refractivity contribution in [1.29, 1.82) is 0 Å². The Morgan fingerprint density at radius 1 is 1.30 bits per heavy atom. The number of aryl methyl sites for hydroxylation is 1. The summed E-state index contributed by atoms with van der Waals surface area (Å²) in [6, 6.07) is 5.37. The molecule has 5 nitrogen and oxygen atoms in total. The van der Waals surface area contributed by atoms with Crippen molar-refractivity contribution in [2.24, 2.45) is 0 Å². The van der Waals surface area contributed by atoms with Crippen LogP contribution in [0.3, 0.4) is 0 Å². The van der Waals surface area contributed by atoms with E-state index in [4.69, 9.17) is 16.0 Å². The Morgan fingerprint density at radius 2 is 2.15 bits per heavy atom. The van der Waals surface area contributed by atoms with Crippen molar-refractivity contribution in [1.82, 2.24) is 15.0 Å². The molecule has 3 heterocycles. The van der Waals surface area contributed by atoms with Gasteiger partial charge in [0.15, 0.2) is 5.76 Å². The molecular weight excluding hydrogens is 278 g/mol. The maximum atomic E-state index is 11.9. The number of nitrogens with one attached hydrogen (secondary N) is 1. The van der Waals surface area contributed by atoms with Gasteiger partial charge in [-0.05, 0) is 42.3 Å². The molecular formula is C14H10ClN3O2. The van der Waals surface area contributed by atoms with Crippen LogP contribution >= 0.6 is 11.6 Å². The van der Waals surface area contributed by atoms with Crippen molar-refractivity contribution in [2.75, 3.05) is 0 Å². The Labute approximate surface area is 119 Å². The van der Waals surface area contributed by atoms with E-state index in [-0.39, 0.29) is 10.9 Å². The van der Waals surface area contributed by atoms with Gasteiger partial charge in [0.2, 0.25) is 0 Å². The van der Waals surface area contributed by atoms with Crippen LogP contribution in [0.5, 0.6) is 0 Å². The van der Waals surface area contributed by atoms with E-state index in [2.05, 4.69) is 15.0 Å². The second kappa shape index (κ2) is 4.94. The molecule has 3 rings (SSSR count). The molecule has 0 radical (unpaired) electrons. The fourth-order valence-corrected chi connectivity index (χ4v) is 2.13. The highest BCUT2D eigenvalue weighted by Gasteiger charge is 2.11. The highest BCUT2D eigenvalue weighted by Crippen LogP contribution is 2.25. The molecule has 0 amide bonds. The lowest BCUT2D eigenvalue weighted by atomic mass is 10.1. The molecule has 0 unspecified atom stereocenters. The standard InChI is InChI=1S/C14H10ClN3O2/c1-8-2-4-17-13(19)12(8)10-6-9(3-5-16-10)11-7-18-14(15)20-11/h2-7H,1H3,(H,17,19). The van der Waals surface area contributed by atoms with E-state index in [0.29, 0.717) is 17.0 Å². The lowest BCUT2D eigenvalue weighted by Crippen LogP contribution is -2.10. The largest absolute Gasteiger partial charge is 0.428 e. The van der Waals surface area contributed by atoms with Crippen molar-refractivity contribution >= 4 is 11.6 Å². The van der Waals surface area contributed by atoms with Crippen LogP contribution in [0.15, 0.2) is 46.0 Å². The number of nitrogens with zero attached hydrogens (tertiary/aromatic N) is 2. The van der Waals surface area contributed by atoms with E-state index in [9.17, 15) is 4.79 Å². The summed E-state index contributed by atoms with van der Waals surface area (Å²) < 4.78 is 5.26. The minimum Gasteiger partial charge on any atom is -0.428 e. The number of pyridine rings is 2. The Hall–Kier alpha value is -2.40. The molecule has 0 atom stereocenters. The van der Waals surface area contributed by atoms with Crippen molar-refractivity contribution in [2.45, 2.75) is 6.92 Å². The average molecular weight is 288 g/mol. The van der Waals surface area contributed by atoms with Crippen molar-refractivity contribution < 1.29 is 4.42 Å². The first-order valence-electron chi connectivity index (χ1n) is 5.91. The molecule has 0 aromatic carbocycles. The summed E-state index contributed by atoms with van der Waals surface area (Å²) in [5.74, 6) is 0.531. The monoisotopic (exact) mass is 287 g/mol. The topological polar surface area (TPSA) is 71.8 Å². The van der Waals surface area contributed by atoms with Crippen LogP contribution < -0.4 is 5.56 Å². The predicted octanol–water partition coefficient (Wildman–Crippen LogP) is 3.05. The molecule has 6 heteroatoms. The van der Waals surface area contributed by atoms with E-state index in [0.717, 1.165) is 11.1 Å². The Bertz CT molecular complexity index is 823. The molecule has 0 spiro atoms. The first-order chi connectivity index (χ1) is 9.65. The molecule has 0 aliphatic rings. The molecule has 0 aliphatic carbocycles. The second-order valence-corrected chi connectivity index (χ2v) is 4.60. The van der Waals surface area contributed by atoms with Crippen LogP contribution in [0.2, 0.25) is 5.35 Å². The van der Waals surface area contributed by atoms with E-state index >= 15 is 0 Å². The minimum atomic E-state index is -0.176. The van der Waals surface area contributed by atoms with Crippen LogP contribution in [0, 0.1) is 6.92 Å². The Kier molecular flexibility index (Phi) is 3.12. The van der Waals surface area contributed by atoms with Crippen LogP contribution in [0.4, 0.5) is 0 Å². The van der Waals surface area contributed by atoms with Gasteiger partial charge in [0.05, 0.1) is 17.5 Å². The number of hydrogen-bond donors (Lipinski definition) is 1. The van der Waals surface area contributed by atoms with Crippen LogP contribution in [0.1, 0.15) is 5.56 Å². The van der Waals surface area contributed by atoms with Crippen molar-refractivity contribution in [3.63, 3.8) is 0 Å². The molecule has 100 valence electrons. The third kappa shape index (κ3) is 2.23. The quantitative estimate of drug-likeness (QED) is 0.786. The summed E-state index contributed by atoms with van der Waals surface area (Å²) >= 11 is 5.67. The normalized spacial score (nSPS) is 10.7. The average Bonchev–Trinajstić information content (AvgIpc) is 2.86. The number of H-pyrrole nitrogens is 1. The van der Waals surface area contributed by atoms with Gasteiger partial charge < -0.3 is 9.40 Å². The third-order valence-corrected chi connectivity index (χ3v) is 3.12. The van der Waals surface area contributed by atoms with E-state index in [1.54, 1.807) is 24.5 Å². The molecule has 20 heavy (non-hydrogen) atoms. The number of aromatic nitrogens is 3. The smallest absolute Gasteiger partial charge is 0.292 e. The molecule has 0 saturated heterocycles. The highest BCUT2D eigenvalue weighted by molar-refractivity contribution is 6.27. The zero-order valence-corrected chi connectivity index (χ0v) is 11.3. The maximum absolute atomic E-state index is 11.9. The predicted molar refractivity (Wildman–Crippen MR) is 75.5 cm³/mol. The van der Waals surface area contributed by atoms with Crippen LogP contribution in [-0.2, 0) is 0 Å². The third-order valence-electron chi connectivity index (χ3n) is 2.95. The van der Waals surface area contributed by atoms with Gasteiger partial charge >= 0.3 is 0 Å². The lowest BCUT2D eigenvalue weighted by Gasteiger charge is -2.04. The Balaban J connectivity index is 2.15. The first-order valence-corrected chi connectivity index (χ1v) is 6.29. The minimum absolute atomic E-state index is 0.0760. The van der Waals surface area contributed by atoms with Crippen LogP contribution in [-0.4, -0.2) is 15.0 Å². The SMILES string of the molecule is Cc1cc[nH]c(=O)c1-c1cc(-c2cnc(Cl)o2)ccn1. The molecule has 0 saturated carbocycles. The zero-order valence-electron chi connectivity index (χ0n) is 10.6. The number of rotatable bonds is 2. The number of hydrogen-bond acceptors (Lipinski definition) is 4. The van der Waals surface area contributed by atoms with Crippen molar-refractivity contribution in [3.05, 3.63) is 58.1 Å². The molecule has 0 fully saturated rings. The Morgan fingerprint density at radius 3 is 2.85 bits per heavy atom. The summed E-state index contributed by atoms with van der Waals surface area (Å²) in [5.41, 5.74) is 2.56. The van der Waals surface area contributed by atoms with Gasteiger partial charge in [0.1, 0.15) is 0 Å². The highest BCUT2D eigenvalue weighted by atomic mass is 35.5. The van der Waals surface area contributed by atoms with Gasteiger partial charge in [-0.15, -0.1) is 0 Å². The molecule has 3 aromatic heterocycles. The summed E-state index contributed by atoms with van der Waals surface area (Å²) in [7, 11) is 0. The molecule has 1 N–H and O–H groups in total. The van der Waals surface area contributed by atoms with E-state index in [1.807, 2.05) is 13.0 Å². The van der Waals surface area contributed by atoms with E-state index < -0.39 is 0 Å². The number of oxazole rings is 1. The summed E-state index contributed by atoms with van der Waals surface area (Å²) in [5, 5.41) is 0.0760. The molecule has 3 aromatic rings. The molecule has 0 aliphatic heterocycles. The fraction of sp³-hybridized carbons (Fsp3) is 0.0714. The lowest BCUT2D eigenvalue weighted by molar-refractivity contribution is 0.574. The van der Waals surface area contributed by atoms with Gasteiger partial charge in [-0.3, -0.25) is 9.78 Å². The van der Waals surface area contributed by atoms with Crippen LogP contribution in [0.25, 0.3) is 22.6 Å². The zero-order chi connectivity index (χ0) is 14.1. The van der Waals surface area contributed by atoms with Gasteiger partial charge in [-0.1, -0.05) is 0 Å². The first kappa shape index (κ1) is 12.6. The van der Waals surface area contributed by atoms with Gasteiger partial charge in [-0.25, -0.2) is 4.98 Å². The van der Waals surface area contributed by atoms with E-state index in [1.165, 1.54) is 6.20 Å². The number of aromatic amines is 1. The summed E-state index contributed by atoms with van der Waals surface area (Å²) in [6.45, 7) is 1.87. The van der Waals surface area contributed by atoms with Gasteiger partial charge in [0.25, 0.3) is 10.9 Å².